The monoisotopic (exact) mass is 324 g/mol. The Kier molecular flexibility index (Phi) is 5.97. The molecule has 22 heavy (non-hydrogen) atoms. The quantitative estimate of drug-likeness (QED) is 0.813. The zero-order valence-electron chi connectivity index (χ0n) is 12.8. The summed E-state index contributed by atoms with van der Waals surface area (Å²) in [5.41, 5.74) is 0.934. The third-order valence-electron chi connectivity index (χ3n) is 4.11. The molecule has 0 saturated heterocycles. The molecule has 1 aliphatic rings. The molecule has 2 rings (SSSR count). The first-order valence-electron chi connectivity index (χ1n) is 7.86. The number of benzene rings is 1. The average molecular weight is 324 g/mol. The molecular formula is C16H24N2O3S. The minimum absolute atomic E-state index is 0.0717. The van der Waals surface area contributed by atoms with Crippen molar-refractivity contribution in [1.82, 2.24) is 5.32 Å². The van der Waals surface area contributed by atoms with Gasteiger partial charge in [-0.05, 0) is 37.0 Å². The number of rotatable bonds is 5. The summed E-state index contributed by atoms with van der Waals surface area (Å²) in [6.45, 7) is 0. The number of hydrogen-bond acceptors (Lipinski definition) is 3. The van der Waals surface area contributed by atoms with E-state index in [-0.39, 0.29) is 10.8 Å². The maximum absolute atomic E-state index is 12.0. The zero-order chi connectivity index (χ0) is 16.0. The fraction of sp³-hybridized carbons (Fsp3) is 0.562. The first kappa shape index (κ1) is 17.0. The van der Waals surface area contributed by atoms with Crippen molar-refractivity contribution in [1.29, 1.82) is 0 Å². The molecule has 122 valence electrons. The van der Waals surface area contributed by atoms with Gasteiger partial charge < -0.3 is 5.32 Å². The van der Waals surface area contributed by atoms with E-state index in [1.54, 1.807) is 12.1 Å². The fourth-order valence-corrected chi connectivity index (χ4v) is 3.34. The number of nitrogens with two attached hydrogens (primary N) is 1. The number of carbonyl (C=O) groups excluding carboxylic acids is 1. The van der Waals surface area contributed by atoms with Gasteiger partial charge in [-0.25, -0.2) is 13.6 Å². The molecular weight excluding hydrogens is 300 g/mol. The highest BCUT2D eigenvalue weighted by Gasteiger charge is 2.14. The van der Waals surface area contributed by atoms with Gasteiger partial charge in [-0.1, -0.05) is 37.8 Å². The second-order valence-corrected chi connectivity index (χ2v) is 7.51. The molecule has 3 N–H and O–H groups in total. The van der Waals surface area contributed by atoms with Gasteiger partial charge in [0, 0.05) is 12.5 Å². The lowest BCUT2D eigenvalue weighted by molar-refractivity contribution is -0.121. The first-order chi connectivity index (χ1) is 10.4. The van der Waals surface area contributed by atoms with Gasteiger partial charge in [0.15, 0.2) is 0 Å². The third-order valence-corrected chi connectivity index (χ3v) is 5.04. The van der Waals surface area contributed by atoms with Gasteiger partial charge in [-0.3, -0.25) is 4.79 Å². The largest absolute Gasteiger partial charge is 0.353 e. The van der Waals surface area contributed by atoms with E-state index >= 15 is 0 Å². The Hall–Kier alpha value is -1.40. The summed E-state index contributed by atoms with van der Waals surface area (Å²) in [5, 5.41) is 8.16. The van der Waals surface area contributed by atoms with Crippen LogP contribution in [-0.2, 0) is 21.2 Å². The van der Waals surface area contributed by atoms with E-state index in [0.29, 0.717) is 18.9 Å². The van der Waals surface area contributed by atoms with E-state index in [1.807, 2.05) is 0 Å². The number of sulfonamides is 1. The Labute approximate surface area is 132 Å². The molecule has 0 spiro atoms. The molecule has 0 aromatic heterocycles. The molecule has 5 nitrogen and oxygen atoms in total. The molecule has 0 atom stereocenters. The van der Waals surface area contributed by atoms with Crippen LogP contribution in [0.3, 0.4) is 0 Å². The lowest BCUT2D eigenvalue weighted by atomic mass is 10.1. The molecule has 0 radical (unpaired) electrons. The second kappa shape index (κ2) is 7.74. The highest BCUT2D eigenvalue weighted by molar-refractivity contribution is 7.89. The molecule has 1 aliphatic carbocycles. The van der Waals surface area contributed by atoms with Crippen LogP contribution in [0.5, 0.6) is 0 Å². The van der Waals surface area contributed by atoms with Crippen molar-refractivity contribution < 1.29 is 13.2 Å². The molecule has 0 bridgehead atoms. The van der Waals surface area contributed by atoms with E-state index in [0.717, 1.165) is 18.4 Å². The number of hydrogen-bond donors (Lipinski definition) is 2. The van der Waals surface area contributed by atoms with Crippen LogP contribution in [0.4, 0.5) is 0 Å². The summed E-state index contributed by atoms with van der Waals surface area (Å²) in [7, 11) is -3.65. The maximum atomic E-state index is 12.0. The van der Waals surface area contributed by atoms with Crippen LogP contribution in [0, 0.1) is 0 Å². The molecule has 1 saturated carbocycles. The van der Waals surface area contributed by atoms with Gasteiger partial charge in [0.1, 0.15) is 0 Å². The summed E-state index contributed by atoms with van der Waals surface area (Å²) in [6.07, 6.45) is 8.10. The SMILES string of the molecule is NS(=O)(=O)c1ccc(CCC(=O)NC2CCCCCC2)cc1. The van der Waals surface area contributed by atoms with Crippen molar-refractivity contribution in [2.24, 2.45) is 5.14 Å². The minimum atomic E-state index is -3.65. The van der Waals surface area contributed by atoms with Crippen LogP contribution < -0.4 is 10.5 Å². The van der Waals surface area contributed by atoms with E-state index in [4.69, 9.17) is 5.14 Å². The van der Waals surface area contributed by atoms with E-state index in [1.165, 1.54) is 37.8 Å². The van der Waals surface area contributed by atoms with Crippen LogP contribution in [-0.4, -0.2) is 20.4 Å². The molecule has 0 heterocycles. The number of nitrogens with one attached hydrogen (secondary N) is 1. The van der Waals surface area contributed by atoms with Crippen molar-refractivity contribution >= 4 is 15.9 Å². The Morgan fingerprint density at radius 1 is 1.09 bits per heavy atom. The summed E-state index contributed by atoms with van der Waals surface area (Å²) in [6, 6.07) is 6.69. The second-order valence-electron chi connectivity index (χ2n) is 5.94. The number of amides is 1. The van der Waals surface area contributed by atoms with Crippen molar-refractivity contribution in [3.63, 3.8) is 0 Å². The van der Waals surface area contributed by atoms with Crippen molar-refractivity contribution in [3.8, 4) is 0 Å². The maximum Gasteiger partial charge on any atom is 0.238 e. The molecule has 1 fully saturated rings. The third kappa shape index (κ3) is 5.42. The van der Waals surface area contributed by atoms with Gasteiger partial charge >= 0.3 is 0 Å². The first-order valence-corrected chi connectivity index (χ1v) is 9.41. The standard InChI is InChI=1S/C16H24N2O3S/c17-22(20,21)15-10-7-13(8-11-15)9-12-16(19)18-14-5-3-1-2-4-6-14/h7-8,10-11,14H,1-6,9,12H2,(H,18,19)(H2,17,20,21). The van der Waals surface area contributed by atoms with E-state index < -0.39 is 10.0 Å². The lowest BCUT2D eigenvalue weighted by Crippen LogP contribution is -2.34. The molecule has 6 heteroatoms. The van der Waals surface area contributed by atoms with Crippen molar-refractivity contribution in [3.05, 3.63) is 29.8 Å². The smallest absolute Gasteiger partial charge is 0.238 e. The Morgan fingerprint density at radius 3 is 2.23 bits per heavy atom. The van der Waals surface area contributed by atoms with Gasteiger partial charge in [-0.15, -0.1) is 0 Å². The summed E-state index contributed by atoms with van der Waals surface area (Å²) in [5.74, 6) is 0.0717. The topological polar surface area (TPSA) is 89.3 Å². The summed E-state index contributed by atoms with van der Waals surface area (Å²) in [4.78, 5) is 12.1. The molecule has 1 amide bonds. The summed E-state index contributed by atoms with van der Waals surface area (Å²) >= 11 is 0. The molecule has 0 unspecified atom stereocenters. The molecule has 1 aromatic rings. The minimum Gasteiger partial charge on any atom is -0.353 e. The lowest BCUT2D eigenvalue weighted by Gasteiger charge is -2.16. The zero-order valence-corrected chi connectivity index (χ0v) is 13.6. The van der Waals surface area contributed by atoms with Gasteiger partial charge in [0.05, 0.1) is 4.90 Å². The van der Waals surface area contributed by atoms with Crippen LogP contribution in [0.25, 0.3) is 0 Å². The highest BCUT2D eigenvalue weighted by Crippen LogP contribution is 2.17. The Bertz CT molecular complexity index is 588. The summed E-state index contributed by atoms with van der Waals surface area (Å²) < 4.78 is 22.3. The van der Waals surface area contributed by atoms with Crippen LogP contribution in [0.2, 0.25) is 0 Å². The number of carbonyl (C=O) groups is 1. The van der Waals surface area contributed by atoms with E-state index in [9.17, 15) is 13.2 Å². The fourth-order valence-electron chi connectivity index (χ4n) is 2.83. The Balaban J connectivity index is 1.80. The Morgan fingerprint density at radius 2 is 1.68 bits per heavy atom. The van der Waals surface area contributed by atoms with Crippen LogP contribution in [0.1, 0.15) is 50.5 Å². The van der Waals surface area contributed by atoms with Gasteiger partial charge in [-0.2, -0.15) is 0 Å². The van der Waals surface area contributed by atoms with Crippen LogP contribution >= 0.6 is 0 Å². The molecule has 1 aromatic carbocycles. The predicted molar refractivity (Wildman–Crippen MR) is 85.8 cm³/mol. The number of aryl methyl sites for hydroxylation is 1. The van der Waals surface area contributed by atoms with Crippen molar-refractivity contribution in [2.75, 3.05) is 0 Å². The predicted octanol–water partition coefficient (Wildman–Crippen LogP) is 2.11. The van der Waals surface area contributed by atoms with Gasteiger partial charge in [0.25, 0.3) is 0 Å². The molecule has 0 aliphatic heterocycles. The highest BCUT2D eigenvalue weighted by atomic mass is 32.2. The van der Waals surface area contributed by atoms with Crippen LogP contribution in [0.15, 0.2) is 29.2 Å². The normalized spacial score (nSPS) is 17.0. The average Bonchev–Trinajstić information content (AvgIpc) is 2.73. The van der Waals surface area contributed by atoms with Gasteiger partial charge in [0.2, 0.25) is 15.9 Å². The number of primary sulfonamides is 1. The van der Waals surface area contributed by atoms with Crippen molar-refractivity contribution in [2.45, 2.75) is 62.3 Å². The van der Waals surface area contributed by atoms with E-state index in [2.05, 4.69) is 5.32 Å².